The van der Waals surface area contributed by atoms with E-state index in [1.165, 1.54) is 31.4 Å². The summed E-state index contributed by atoms with van der Waals surface area (Å²) in [4.78, 5) is 23.5. The van der Waals surface area contributed by atoms with Gasteiger partial charge in [-0.15, -0.1) is 0 Å². The van der Waals surface area contributed by atoms with E-state index in [9.17, 15) is 9.59 Å². The number of methoxy groups -OCH3 is 1. The standard InChI is InChI=1S/C16H12Cl2N2O3S/c1-23-15(22)10-4-2-9(3-5-10)14(21)20-16(24)19-13-8-11(17)6-7-12(13)18/h2-8H,1H3,(H2,19,20,21,24). The van der Waals surface area contributed by atoms with Gasteiger partial charge in [0.1, 0.15) is 0 Å². The molecule has 0 aromatic heterocycles. The Morgan fingerprint density at radius 2 is 1.67 bits per heavy atom. The minimum atomic E-state index is -0.477. The van der Waals surface area contributed by atoms with Crippen molar-refractivity contribution in [3.63, 3.8) is 0 Å². The Morgan fingerprint density at radius 3 is 2.29 bits per heavy atom. The van der Waals surface area contributed by atoms with E-state index in [-0.39, 0.29) is 5.11 Å². The lowest BCUT2D eigenvalue weighted by molar-refractivity contribution is 0.0600. The molecule has 24 heavy (non-hydrogen) atoms. The molecule has 0 saturated heterocycles. The summed E-state index contributed by atoms with van der Waals surface area (Å²) >= 11 is 17.0. The number of anilines is 1. The third-order valence-corrected chi connectivity index (χ3v) is 3.74. The van der Waals surface area contributed by atoms with Crippen LogP contribution in [0.5, 0.6) is 0 Å². The number of hydrogen-bond acceptors (Lipinski definition) is 4. The summed E-state index contributed by atoms with van der Waals surface area (Å²) < 4.78 is 4.59. The fourth-order valence-corrected chi connectivity index (χ4v) is 2.34. The van der Waals surface area contributed by atoms with E-state index >= 15 is 0 Å². The van der Waals surface area contributed by atoms with Gasteiger partial charge in [0.05, 0.1) is 23.4 Å². The van der Waals surface area contributed by atoms with Gasteiger partial charge < -0.3 is 10.1 Å². The number of carbonyl (C=O) groups excluding carboxylic acids is 2. The smallest absolute Gasteiger partial charge is 0.337 e. The third kappa shape index (κ3) is 4.67. The zero-order chi connectivity index (χ0) is 17.7. The molecule has 0 spiro atoms. The molecule has 0 radical (unpaired) electrons. The summed E-state index contributed by atoms with van der Waals surface area (Å²) in [7, 11) is 1.29. The van der Waals surface area contributed by atoms with Crippen molar-refractivity contribution in [1.82, 2.24) is 5.32 Å². The highest BCUT2D eigenvalue weighted by atomic mass is 35.5. The minimum absolute atomic E-state index is 0.0706. The van der Waals surface area contributed by atoms with Crippen LogP contribution < -0.4 is 10.6 Å². The first-order valence-electron chi connectivity index (χ1n) is 6.66. The van der Waals surface area contributed by atoms with Crippen LogP contribution in [0.2, 0.25) is 10.0 Å². The summed E-state index contributed by atoms with van der Waals surface area (Å²) in [6.45, 7) is 0. The molecule has 2 rings (SSSR count). The van der Waals surface area contributed by atoms with Gasteiger partial charge >= 0.3 is 5.97 Å². The second-order valence-electron chi connectivity index (χ2n) is 4.60. The van der Waals surface area contributed by atoms with Crippen molar-refractivity contribution in [2.24, 2.45) is 0 Å². The molecule has 124 valence electrons. The van der Waals surface area contributed by atoms with Crippen LogP contribution in [0.15, 0.2) is 42.5 Å². The Labute approximate surface area is 153 Å². The molecule has 0 bridgehead atoms. The van der Waals surface area contributed by atoms with E-state index in [0.29, 0.717) is 26.9 Å². The first kappa shape index (κ1) is 18.2. The van der Waals surface area contributed by atoms with E-state index in [1.807, 2.05) is 0 Å². The molecule has 0 saturated carbocycles. The highest BCUT2D eigenvalue weighted by Gasteiger charge is 2.11. The van der Waals surface area contributed by atoms with Crippen molar-refractivity contribution in [1.29, 1.82) is 0 Å². The maximum atomic E-state index is 12.1. The second-order valence-corrected chi connectivity index (χ2v) is 5.85. The first-order valence-corrected chi connectivity index (χ1v) is 7.83. The Balaban J connectivity index is 2.02. The molecule has 0 unspecified atom stereocenters. The lowest BCUT2D eigenvalue weighted by Crippen LogP contribution is -2.34. The maximum Gasteiger partial charge on any atom is 0.337 e. The molecule has 0 aliphatic carbocycles. The molecular formula is C16H12Cl2N2O3S. The van der Waals surface area contributed by atoms with Gasteiger partial charge in [-0.05, 0) is 54.7 Å². The summed E-state index contributed by atoms with van der Waals surface area (Å²) in [6, 6.07) is 10.8. The number of halogens is 2. The van der Waals surface area contributed by atoms with Crippen LogP contribution in [0.25, 0.3) is 0 Å². The fourth-order valence-electron chi connectivity index (χ4n) is 1.80. The summed E-state index contributed by atoms with van der Waals surface area (Å²) in [5, 5.41) is 6.28. The zero-order valence-corrected chi connectivity index (χ0v) is 14.8. The van der Waals surface area contributed by atoms with Gasteiger partial charge in [-0.2, -0.15) is 0 Å². The zero-order valence-electron chi connectivity index (χ0n) is 12.4. The third-order valence-electron chi connectivity index (χ3n) is 2.97. The monoisotopic (exact) mass is 382 g/mol. The highest BCUT2D eigenvalue weighted by molar-refractivity contribution is 7.80. The average Bonchev–Trinajstić information content (AvgIpc) is 2.57. The predicted molar refractivity (Wildman–Crippen MR) is 97.9 cm³/mol. The van der Waals surface area contributed by atoms with Gasteiger partial charge in [-0.25, -0.2) is 4.79 Å². The van der Waals surface area contributed by atoms with Gasteiger partial charge in [0.15, 0.2) is 5.11 Å². The number of hydrogen-bond donors (Lipinski definition) is 2. The number of rotatable bonds is 3. The summed E-state index contributed by atoms with van der Waals surface area (Å²) in [6.07, 6.45) is 0. The van der Waals surface area contributed by atoms with Crippen LogP contribution in [0.1, 0.15) is 20.7 Å². The molecule has 0 fully saturated rings. The molecule has 0 atom stereocenters. The van der Waals surface area contributed by atoms with Crippen LogP contribution in [0, 0.1) is 0 Å². The topological polar surface area (TPSA) is 67.4 Å². The number of nitrogens with one attached hydrogen (secondary N) is 2. The summed E-state index contributed by atoms with van der Waals surface area (Å²) in [5.74, 6) is -0.906. The van der Waals surface area contributed by atoms with E-state index in [1.54, 1.807) is 18.2 Å². The number of amides is 1. The van der Waals surface area contributed by atoms with Crippen LogP contribution >= 0.6 is 35.4 Å². The Morgan fingerprint density at radius 1 is 1.04 bits per heavy atom. The molecule has 0 aliphatic rings. The van der Waals surface area contributed by atoms with E-state index in [0.717, 1.165) is 0 Å². The van der Waals surface area contributed by atoms with Gasteiger partial charge in [-0.3, -0.25) is 10.1 Å². The van der Waals surface area contributed by atoms with Crippen molar-refractivity contribution in [3.8, 4) is 0 Å². The van der Waals surface area contributed by atoms with Crippen molar-refractivity contribution < 1.29 is 14.3 Å². The molecule has 0 aliphatic heterocycles. The number of thiocarbonyl (C=S) groups is 1. The molecule has 0 heterocycles. The van der Waals surface area contributed by atoms with E-state index in [4.69, 9.17) is 35.4 Å². The van der Waals surface area contributed by atoms with Gasteiger partial charge in [0.25, 0.3) is 5.91 Å². The predicted octanol–water partition coefficient (Wildman–Crippen LogP) is 3.91. The number of carbonyl (C=O) groups is 2. The van der Waals surface area contributed by atoms with E-state index < -0.39 is 11.9 Å². The van der Waals surface area contributed by atoms with Crippen molar-refractivity contribution in [2.45, 2.75) is 0 Å². The van der Waals surface area contributed by atoms with Crippen molar-refractivity contribution in [3.05, 3.63) is 63.6 Å². The lowest BCUT2D eigenvalue weighted by Gasteiger charge is -2.11. The maximum absolute atomic E-state index is 12.1. The van der Waals surface area contributed by atoms with E-state index in [2.05, 4.69) is 15.4 Å². The number of esters is 1. The minimum Gasteiger partial charge on any atom is -0.465 e. The Kier molecular flexibility index (Phi) is 6.14. The largest absolute Gasteiger partial charge is 0.465 e. The molecule has 1 amide bonds. The van der Waals surface area contributed by atoms with Gasteiger partial charge in [0.2, 0.25) is 0 Å². The molecule has 8 heteroatoms. The molecular weight excluding hydrogens is 371 g/mol. The Hall–Kier alpha value is -2.15. The second kappa shape index (κ2) is 8.10. The van der Waals surface area contributed by atoms with Crippen LogP contribution in [0.4, 0.5) is 5.69 Å². The fraction of sp³-hybridized carbons (Fsp3) is 0.0625. The van der Waals surface area contributed by atoms with Gasteiger partial charge in [0, 0.05) is 10.6 Å². The highest BCUT2D eigenvalue weighted by Crippen LogP contribution is 2.25. The molecule has 2 aromatic carbocycles. The number of ether oxygens (including phenoxy) is 1. The quantitative estimate of drug-likeness (QED) is 0.622. The van der Waals surface area contributed by atoms with Crippen molar-refractivity contribution in [2.75, 3.05) is 12.4 Å². The molecule has 5 nitrogen and oxygen atoms in total. The summed E-state index contributed by atoms with van der Waals surface area (Å²) in [5.41, 5.74) is 1.17. The average molecular weight is 383 g/mol. The van der Waals surface area contributed by atoms with Crippen LogP contribution in [-0.4, -0.2) is 24.1 Å². The lowest BCUT2D eigenvalue weighted by atomic mass is 10.1. The molecule has 2 aromatic rings. The normalized spacial score (nSPS) is 9.96. The van der Waals surface area contributed by atoms with Crippen LogP contribution in [0.3, 0.4) is 0 Å². The Bertz CT molecular complexity index is 794. The first-order chi connectivity index (χ1) is 11.4. The molecule has 2 N–H and O–H groups in total. The van der Waals surface area contributed by atoms with Gasteiger partial charge in [-0.1, -0.05) is 23.2 Å². The number of benzene rings is 2. The van der Waals surface area contributed by atoms with Crippen molar-refractivity contribution >= 4 is 58.1 Å². The SMILES string of the molecule is COC(=O)c1ccc(C(=O)NC(=S)Nc2cc(Cl)ccc2Cl)cc1. The van der Waals surface area contributed by atoms with Crippen LogP contribution in [-0.2, 0) is 4.74 Å².